The standard InChI is InChI=1S/C25H19NO7/c1-13-16-8-7-15-5-3-4-6-17(15)24(16)33-23(13)25(29)30-11-22(28)26-19-10-21-20(31-12-32-21)9-18(19)14(2)27/h3-10H,11-12H2,1-2H3,(H,26,28). The molecular weight excluding hydrogens is 426 g/mol. The highest BCUT2D eigenvalue weighted by molar-refractivity contribution is 6.09. The summed E-state index contributed by atoms with van der Waals surface area (Å²) in [6.45, 7) is 2.62. The molecule has 1 N–H and O–H groups in total. The molecule has 33 heavy (non-hydrogen) atoms. The topological polar surface area (TPSA) is 104 Å². The predicted molar refractivity (Wildman–Crippen MR) is 120 cm³/mol. The summed E-state index contributed by atoms with van der Waals surface area (Å²) < 4.78 is 21.6. The molecule has 0 aliphatic carbocycles. The van der Waals surface area contributed by atoms with Crippen LogP contribution in [0.3, 0.4) is 0 Å². The van der Waals surface area contributed by atoms with Gasteiger partial charge in [0, 0.05) is 28.0 Å². The third-order valence-corrected chi connectivity index (χ3v) is 5.51. The highest BCUT2D eigenvalue weighted by atomic mass is 16.7. The van der Waals surface area contributed by atoms with Crippen molar-refractivity contribution in [1.29, 1.82) is 0 Å². The molecule has 8 nitrogen and oxygen atoms in total. The van der Waals surface area contributed by atoms with E-state index in [1.807, 2.05) is 36.4 Å². The second-order valence-electron chi connectivity index (χ2n) is 7.65. The van der Waals surface area contributed by atoms with Crippen molar-refractivity contribution in [2.75, 3.05) is 18.7 Å². The largest absolute Gasteiger partial charge is 0.454 e. The van der Waals surface area contributed by atoms with Gasteiger partial charge in [0.25, 0.3) is 5.91 Å². The zero-order valence-electron chi connectivity index (χ0n) is 17.9. The van der Waals surface area contributed by atoms with Gasteiger partial charge in [0.15, 0.2) is 23.9 Å². The first kappa shape index (κ1) is 20.6. The minimum Gasteiger partial charge on any atom is -0.454 e. The minimum atomic E-state index is -0.750. The van der Waals surface area contributed by atoms with Crippen LogP contribution in [-0.4, -0.2) is 31.1 Å². The molecule has 3 aromatic carbocycles. The number of Topliss-reactive ketones (excluding diaryl/α,β-unsaturated/α-hetero) is 1. The number of ketones is 1. The van der Waals surface area contributed by atoms with Gasteiger partial charge in [-0.05, 0) is 25.3 Å². The summed E-state index contributed by atoms with van der Waals surface area (Å²) in [6, 6.07) is 14.6. The fourth-order valence-corrected chi connectivity index (χ4v) is 3.86. The van der Waals surface area contributed by atoms with Crippen LogP contribution >= 0.6 is 0 Å². The minimum absolute atomic E-state index is 0.0355. The number of hydrogen-bond donors (Lipinski definition) is 1. The van der Waals surface area contributed by atoms with E-state index in [1.54, 1.807) is 6.92 Å². The molecule has 0 saturated carbocycles. The van der Waals surface area contributed by atoms with Gasteiger partial charge in [0.05, 0.1) is 5.69 Å². The molecule has 0 radical (unpaired) electrons. The maximum Gasteiger partial charge on any atom is 0.375 e. The summed E-state index contributed by atoms with van der Waals surface area (Å²) >= 11 is 0. The van der Waals surface area contributed by atoms with E-state index in [0.717, 1.165) is 16.2 Å². The normalized spacial score (nSPS) is 12.2. The zero-order chi connectivity index (χ0) is 23.1. The molecule has 0 saturated heterocycles. The molecule has 1 aliphatic rings. The number of aryl methyl sites for hydroxylation is 1. The molecule has 4 aromatic rings. The Kier molecular flexibility index (Phi) is 4.97. The number of benzene rings is 3. The van der Waals surface area contributed by atoms with Crippen LogP contribution in [0.1, 0.15) is 33.4 Å². The van der Waals surface area contributed by atoms with Crippen molar-refractivity contribution >= 4 is 45.1 Å². The van der Waals surface area contributed by atoms with Gasteiger partial charge in [-0.1, -0.05) is 36.4 Å². The van der Waals surface area contributed by atoms with E-state index < -0.39 is 18.5 Å². The molecule has 1 amide bonds. The number of anilines is 1. The zero-order valence-corrected chi connectivity index (χ0v) is 17.9. The van der Waals surface area contributed by atoms with E-state index in [1.165, 1.54) is 19.1 Å². The number of carbonyl (C=O) groups is 3. The summed E-state index contributed by atoms with van der Waals surface area (Å²) in [5.74, 6) is -0.730. The Bertz CT molecular complexity index is 1450. The quantitative estimate of drug-likeness (QED) is 0.353. The highest BCUT2D eigenvalue weighted by Gasteiger charge is 2.23. The SMILES string of the molecule is CC(=O)c1cc2c(cc1NC(=O)COC(=O)c1oc3c(ccc4ccccc43)c1C)OCO2. The Balaban J connectivity index is 1.33. The maximum atomic E-state index is 12.7. The lowest BCUT2D eigenvalue weighted by atomic mass is 10.1. The van der Waals surface area contributed by atoms with Gasteiger partial charge in [-0.2, -0.15) is 0 Å². The molecule has 1 aromatic heterocycles. The number of amides is 1. The van der Waals surface area contributed by atoms with Gasteiger partial charge in [-0.15, -0.1) is 0 Å². The van der Waals surface area contributed by atoms with Gasteiger partial charge < -0.3 is 23.9 Å². The number of rotatable bonds is 5. The molecule has 0 atom stereocenters. The van der Waals surface area contributed by atoms with Crippen molar-refractivity contribution in [3.05, 3.63) is 65.4 Å². The third kappa shape index (κ3) is 3.65. The Morgan fingerprint density at radius 1 is 1.00 bits per heavy atom. The predicted octanol–water partition coefficient (Wildman–Crippen LogP) is 4.62. The van der Waals surface area contributed by atoms with Crippen LogP contribution < -0.4 is 14.8 Å². The lowest BCUT2D eigenvalue weighted by Gasteiger charge is -2.10. The van der Waals surface area contributed by atoms with Gasteiger partial charge >= 0.3 is 5.97 Å². The first-order valence-electron chi connectivity index (χ1n) is 10.2. The van der Waals surface area contributed by atoms with E-state index in [4.69, 9.17) is 18.6 Å². The number of esters is 1. The van der Waals surface area contributed by atoms with E-state index in [0.29, 0.717) is 22.6 Å². The summed E-state index contributed by atoms with van der Waals surface area (Å²) in [6.07, 6.45) is 0. The van der Waals surface area contributed by atoms with Gasteiger partial charge in [0.2, 0.25) is 12.6 Å². The third-order valence-electron chi connectivity index (χ3n) is 5.51. The molecule has 0 bridgehead atoms. The lowest BCUT2D eigenvalue weighted by molar-refractivity contribution is -0.119. The van der Waals surface area contributed by atoms with Gasteiger partial charge in [-0.3, -0.25) is 9.59 Å². The maximum absolute atomic E-state index is 12.7. The summed E-state index contributed by atoms with van der Waals surface area (Å²) in [7, 11) is 0. The van der Waals surface area contributed by atoms with Gasteiger partial charge in [0.1, 0.15) is 5.58 Å². The summed E-state index contributed by atoms with van der Waals surface area (Å²) in [5.41, 5.74) is 1.74. The van der Waals surface area contributed by atoms with Gasteiger partial charge in [-0.25, -0.2) is 4.79 Å². The van der Waals surface area contributed by atoms with Crippen LogP contribution in [-0.2, 0) is 9.53 Å². The number of hydrogen-bond acceptors (Lipinski definition) is 7. The van der Waals surface area contributed by atoms with Crippen molar-refractivity contribution in [2.24, 2.45) is 0 Å². The van der Waals surface area contributed by atoms with Crippen molar-refractivity contribution in [1.82, 2.24) is 0 Å². The smallest absolute Gasteiger partial charge is 0.375 e. The molecular formula is C25H19NO7. The van der Waals surface area contributed by atoms with Crippen LogP contribution in [0, 0.1) is 6.92 Å². The average Bonchev–Trinajstić information content (AvgIpc) is 3.40. The number of furan rings is 1. The molecule has 1 aliphatic heterocycles. The fourth-order valence-electron chi connectivity index (χ4n) is 3.86. The molecule has 0 unspecified atom stereocenters. The van der Waals surface area contributed by atoms with E-state index in [-0.39, 0.29) is 29.6 Å². The Labute approximate surface area is 188 Å². The Morgan fingerprint density at radius 3 is 2.55 bits per heavy atom. The number of ether oxygens (including phenoxy) is 3. The van der Waals surface area contributed by atoms with Crippen molar-refractivity contribution < 1.29 is 33.0 Å². The Morgan fingerprint density at radius 2 is 1.76 bits per heavy atom. The van der Waals surface area contributed by atoms with Crippen LogP contribution in [0.2, 0.25) is 0 Å². The monoisotopic (exact) mass is 445 g/mol. The lowest BCUT2D eigenvalue weighted by Crippen LogP contribution is -2.22. The first-order valence-corrected chi connectivity index (χ1v) is 10.2. The molecule has 166 valence electrons. The van der Waals surface area contributed by atoms with Crippen molar-refractivity contribution in [2.45, 2.75) is 13.8 Å². The van der Waals surface area contributed by atoms with Crippen LogP contribution in [0.25, 0.3) is 21.7 Å². The molecule has 0 spiro atoms. The van der Waals surface area contributed by atoms with E-state index in [9.17, 15) is 14.4 Å². The number of carbonyl (C=O) groups excluding carboxylic acids is 3. The van der Waals surface area contributed by atoms with Crippen molar-refractivity contribution in [3.63, 3.8) is 0 Å². The molecule has 0 fully saturated rings. The second kappa shape index (κ2) is 7.98. The van der Waals surface area contributed by atoms with Crippen LogP contribution in [0.15, 0.2) is 52.9 Å². The highest BCUT2D eigenvalue weighted by Crippen LogP contribution is 2.37. The number of nitrogens with one attached hydrogen (secondary N) is 1. The molecule has 8 heteroatoms. The van der Waals surface area contributed by atoms with E-state index in [2.05, 4.69) is 5.32 Å². The van der Waals surface area contributed by atoms with Crippen LogP contribution in [0.4, 0.5) is 5.69 Å². The molecule has 5 rings (SSSR count). The van der Waals surface area contributed by atoms with Crippen LogP contribution in [0.5, 0.6) is 11.5 Å². The summed E-state index contributed by atoms with van der Waals surface area (Å²) in [4.78, 5) is 37.1. The first-order chi connectivity index (χ1) is 15.9. The molecule has 2 heterocycles. The second-order valence-corrected chi connectivity index (χ2v) is 7.65. The summed E-state index contributed by atoms with van der Waals surface area (Å²) in [5, 5.41) is 5.27. The average molecular weight is 445 g/mol. The van der Waals surface area contributed by atoms with E-state index >= 15 is 0 Å². The Hall–Kier alpha value is -4.33. The fraction of sp³-hybridized carbons (Fsp3) is 0.160. The number of fused-ring (bicyclic) bond motifs is 4. The van der Waals surface area contributed by atoms with Crippen molar-refractivity contribution in [3.8, 4) is 11.5 Å².